The SMILES string of the molecule is CCC1(COCCCCOc2cc[c-]c(-c3ccccn3)c2)COC1.CCC1(COCCCCOc2cc[c-]c(-c3ccccn3)c2)COC1.CCC1(COCCCCOc2cc[c-]c(-c3ccccn3)c2)COC1.O=C(C=C(O)OCc1ccsc1)OCc1ccsc1.O=C(C=C(O)OCc1ccsc1)OCc1ccsc1.O=C(C=C(O)OCc1ccsc1)OCc1ccsc1.[Ir].[Ir].[Ir]. The molecule has 0 aliphatic carbocycles. The average Bonchev–Trinajstić information content (AvgIpc) is 1.20. The molecule has 729 valence electrons. The minimum atomic E-state index is -0.631. The standard InChI is InChI=1S/3C21H26NO3.3C13H12O4S2.3Ir/c3*1-2-21(16-24-17-21)15-23-12-5-6-13-25-19-9-7-8-18(14-19)20-10-3-4-11-22-20;3*14-12(16-6-10-1-3-18-8-10)5-13(15)17-7-11-2-4-19-9-11;;;/h3*3-4,7,9-11,14H,2,5-6,12-13,15-17H2,1H3;3*1-5,8-9,14H,6-7H2;;;/q3*-1;;;;;;. The smallest absolute Gasteiger partial charge is 0.338 e. The zero-order chi connectivity index (χ0) is 92.6. The van der Waals surface area contributed by atoms with E-state index in [0.29, 0.717) is 19.8 Å². The molecule has 0 amide bonds. The molecule has 0 spiro atoms. The molecule has 3 radical (unpaired) electrons. The number of unbranched alkanes of at least 4 members (excludes halogenated alkanes) is 3. The Hall–Kier alpha value is -9.15. The molecule has 0 bridgehead atoms. The second-order valence-corrected chi connectivity index (χ2v) is 35.4. The van der Waals surface area contributed by atoms with Crippen LogP contribution >= 0.6 is 68.0 Å². The Balaban J connectivity index is 0.000000221. The zero-order valence-electron chi connectivity index (χ0n) is 75.4. The summed E-state index contributed by atoms with van der Waals surface area (Å²) in [6, 6.07) is 55.8. The van der Waals surface area contributed by atoms with Crippen molar-refractivity contribution in [2.45, 2.75) is 118 Å². The third-order valence-electron chi connectivity index (χ3n) is 20.4. The number of thiophene rings is 6. The van der Waals surface area contributed by atoms with Gasteiger partial charge in [-0.3, -0.25) is 0 Å². The molecule has 3 N–H and O–H groups in total. The first-order chi connectivity index (χ1) is 64.6. The second-order valence-electron chi connectivity index (χ2n) is 30.7. The van der Waals surface area contributed by atoms with Crippen LogP contribution in [0.3, 0.4) is 0 Å². The summed E-state index contributed by atoms with van der Waals surface area (Å²) in [5.41, 5.74) is 12.0. The maximum Gasteiger partial charge on any atom is 0.338 e. The van der Waals surface area contributed by atoms with Crippen molar-refractivity contribution < 1.29 is 161 Å². The Morgan fingerprint density at radius 2 is 0.593 bits per heavy atom. The number of carbonyl (C=O) groups excluding carboxylic acids is 3. The molecule has 0 unspecified atom stereocenters. The van der Waals surface area contributed by atoms with Crippen molar-refractivity contribution in [3.8, 4) is 51.0 Å². The maximum absolute atomic E-state index is 11.4. The van der Waals surface area contributed by atoms with Gasteiger partial charge in [0.15, 0.2) is 0 Å². The van der Waals surface area contributed by atoms with Crippen molar-refractivity contribution in [3.05, 3.63) is 316 Å². The first-order valence-corrected chi connectivity index (χ1v) is 49.1. The number of carbonyl (C=O) groups is 3. The monoisotopic (exact) mass is 2490 g/mol. The van der Waals surface area contributed by atoms with Gasteiger partial charge in [0.2, 0.25) is 0 Å². The van der Waals surface area contributed by atoms with E-state index < -0.39 is 35.7 Å². The Morgan fingerprint density at radius 3 is 0.800 bits per heavy atom. The molecular weight excluding hydrogens is 2370 g/mol. The summed E-state index contributed by atoms with van der Waals surface area (Å²) < 4.78 is 80.8. The van der Waals surface area contributed by atoms with Crippen LogP contribution in [-0.2, 0) is 171 Å². The van der Waals surface area contributed by atoms with E-state index in [1.54, 1.807) is 52.6 Å². The van der Waals surface area contributed by atoms with Gasteiger partial charge < -0.3 is 101 Å². The molecule has 3 aliphatic heterocycles. The van der Waals surface area contributed by atoms with Crippen molar-refractivity contribution in [1.29, 1.82) is 0 Å². The fourth-order valence-corrected chi connectivity index (χ4v) is 16.0. The van der Waals surface area contributed by atoms with Gasteiger partial charge in [-0.15, -0.1) is 89.5 Å². The molecule has 12 aromatic rings. The van der Waals surface area contributed by atoms with Crippen LogP contribution in [0.25, 0.3) is 33.8 Å². The number of pyridine rings is 3. The topological polar surface area (TPSA) is 289 Å². The fraction of sp³-hybridized carbons (Fsp3) is 0.353. The number of hydrogen-bond donors (Lipinski definition) is 3. The van der Waals surface area contributed by atoms with Gasteiger partial charge in [0.25, 0.3) is 17.8 Å². The zero-order valence-corrected chi connectivity index (χ0v) is 87.5. The minimum Gasteiger partial charge on any atom is -0.513 e. The van der Waals surface area contributed by atoms with Crippen LogP contribution in [-0.4, -0.2) is 147 Å². The molecule has 24 nitrogen and oxygen atoms in total. The third kappa shape index (κ3) is 44.0. The first-order valence-electron chi connectivity index (χ1n) is 43.5. The molecule has 3 aliphatic rings. The van der Waals surface area contributed by atoms with Crippen molar-refractivity contribution in [2.75, 3.05) is 99.1 Å². The van der Waals surface area contributed by atoms with E-state index in [4.69, 9.17) is 71.1 Å². The van der Waals surface area contributed by atoms with E-state index in [9.17, 15) is 29.7 Å². The molecule has 135 heavy (non-hydrogen) atoms. The molecule has 3 saturated heterocycles. The van der Waals surface area contributed by atoms with Crippen molar-refractivity contribution >= 4 is 85.9 Å². The summed E-state index contributed by atoms with van der Waals surface area (Å²) in [6.07, 6.45) is 17.5. The van der Waals surface area contributed by atoms with E-state index in [0.717, 1.165) is 240 Å². The molecule has 0 saturated carbocycles. The van der Waals surface area contributed by atoms with E-state index in [2.05, 4.69) is 53.9 Å². The molecule has 3 fully saturated rings. The van der Waals surface area contributed by atoms with Gasteiger partial charge in [-0.25, -0.2) is 14.4 Å². The van der Waals surface area contributed by atoms with Crippen LogP contribution < -0.4 is 14.2 Å². The molecule has 3 aromatic carbocycles. The van der Waals surface area contributed by atoms with Gasteiger partial charge in [-0.1, -0.05) is 57.2 Å². The van der Waals surface area contributed by atoms with Gasteiger partial charge >= 0.3 is 17.9 Å². The molecule has 33 heteroatoms. The maximum atomic E-state index is 11.4. The Labute approximate surface area is 855 Å². The number of aromatic nitrogens is 3. The number of hydrogen-bond acceptors (Lipinski definition) is 30. The second kappa shape index (κ2) is 65.6. The summed E-state index contributed by atoms with van der Waals surface area (Å²) in [5, 5.41) is 51.1. The molecule has 12 heterocycles. The fourth-order valence-electron chi connectivity index (χ4n) is 12.0. The minimum absolute atomic E-state index is 0. The Morgan fingerprint density at radius 1 is 0.348 bits per heavy atom. The van der Waals surface area contributed by atoms with E-state index in [1.165, 1.54) is 34.0 Å². The summed E-state index contributed by atoms with van der Waals surface area (Å²) >= 11 is 9.22. The number of esters is 3. The van der Waals surface area contributed by atoms with Crippen molar-refractivity contribution in [2.24, 2.45) is 16.2 Å². The van der Waals surface area contributed by atoms with Crippen LogP contribution in [0, 0.1) is 34.4 Å². The summed E-state index contributed by atoms with van der Waals surface area (Å²) in [4.78, 5) is 47.2. The van der Waals surface area contributed by atoms with Crippen molar-refractivity contribution in [3.63, 3.8) is 0 Å². The normalized spacial score (nSPS) is 13.4. The molecular formula is C102H114Ir3N3O21S6-3. The largest absolute Gasteiger partial charge is 0.513 e. The number of nitrogens with zero attached hydrogens (tertiary/aromatic N) is 3. The Bertz CT molecular complexity index is 4680. The van der Waals surface area contributed by atoms with Crippen LogP contribution in [0.1, 0.15) is 112 Å². The van der Waals surface area contributed by atoms with E-state index in [1.807, 2.05) is 210 Å². The summed E-state index contributed by atoms with van der Waals surface area (Å²) in [7, 11) is 0. The van der Waals surface area contributed by atoms with Crippen LogP contribution in [0.5, 0.6) is 17.2 Å². The van der Waals surface area contributed by atoms with Gasteiger partial charge in [-0.05, 0) is 194 Å². The van der Waals surface area contributed by atoms with Crippen LogP contribution in [0.4, 0.5) is 0 Å². The third-order valence-corrected chi connectivity index (χ3v) is 24.8. The van der Waals surface area contributed by atoms with Gasteiger partial charge in [0, 0.05) is 166 Å². The first kappa shape index (κ1) is 113. The predicted molar refractivity (Wildman–Crippen MR) is 515 cm³/mol. The van der Waals surface area contributed by atoms with Crippen LogP contribution in [0.2, 0.25) is 0 Å². The van der Waals surface area contributed by atoms with Crippen LogP contribution in [0.15, 0.2) is 265 Å². The quantitative estimate of drug-likeness (QED) is 0.00797. The Kier molecular flexibility index (Phi) is 54.8. The van der Waals surface area contributed by atoms with E-state index >= 15 is 0 Å². The van der Waals surface area contributed by atoms with Gasteiger partial charge in [-0.2, -0.15) is 68.0 Å². The van der Waals surface area contributed by atoms with Gasteiger partial charge in [0.05, 0.1) is 79.3 Å². The summed E-state index contributed by atoms with van der Waals surface area (Å²) in [5.74, 6) is -0.646. The number of aliphatic hydroxyl groups excluding tert-OH is 3. The number of aliphatic hydroxyl groups is 3. The number of ether oxygens (including phenoxy) is 15. The van der Waals surface area contributed by atoms with E-state index in [-0.39, 0.29) is 116 Å². The van der Waals surface area contributed by atoms with Gasteiger partial charge in [0.1, 0.15) is 57.9 Å². The predicted octanol–water partition coefficient (Wildman–Crippen LogP) is 22.9. The number of benzene rings is 3. The average molecular weight is 2490 g/mol. The summed E-state index contributed by atoms with van der Waals surface area (Å²) in [6.45, 7) is 19.8. The molecule has 15 rings (SSSR count). The number of rotatable bonds is 48. The molecule has 9 aromatic heterocycles. The van der Waals surface area contributed by atoms with Crippen molar-refractivity contribution in [1.82, 2.24) is 15.0 Å². The molecule has 0 atom stereocenters.